The van der Waals surface area contributed by atoms with Crippen LogP contribution >= 0.6 is 23.2 Å². The van der Waals surface area contributed by atoms with E-state index >= 15 is 0 Å². The number of pyridine rings is 1. The highest BCUT2D eigenvalue weighted by Crippen LogP contribution is 2.37. The summed E-state index contributed by atoms with van der Waals surface area (Å²) in [7, 11) is 1.23. The summed E-state index contributed by atoms with van der Waals surface area (Å²) in [5, 5.41) is 3.54. The second-order valence-electron chi connectivity index (χ2n) is 6.90. The Hall–Kier alpha value is -2.55. The van der Waals surface area contributed by atoms with Crippen LogP contribution < -0.4 is 5.32 Å². The van der Waals surface area contributed by atoms with Crippen LogP contribution in [0.1, 0.15) is 31.1 Å². The molecular weight excluding hydrogens is 451 g/mol. The van der Waals surface area contributed by atoms with E-state index in [1.165, 1.54) is 13.2 Å². The Morgan fingerprint density at radius 3 is 2.61 bits per heavy atom. The lowest BCUT2D eigenvalue weighted by molar-refractivity contribution is -0.136. The molecule has 1 aliphatic rings. The third-order valence-corrected chi connectivity index (χ3v) is 4.94. The number of carbonyl (C=O) groups excluding carboxylic acids is 1. The lowest BCUT2D eigenvalue weighted by Crippen LogP contribution is -2.37. The van der Waals surface area contributed by atoms with E-state index in [4.69, 9.17) is 32.7 Å². The molecule has 1 unspecified atom stereocenters. The van der Waals surface area contributed by atoms with Gasteiger partial charge in [0.05, 0.1) is 37.3 Å². The van der Waals surface area contributed by atoms with Gasteiger partial charge in [0.1, 0.15) is 17.6 Å². The van der Waals surface area contributed by atoms with E-state index in [0.717, 1.165) is 6.20 Å². The lowest BCUT2D eigenvalue weighted by atomic mass is 9.95. The largest absolute Gasteiger partial charge is 0.466 e. The Bertz CT molecular complexity index is 1070. The minimum atomic E-state index is -0.967. The maximum Gasteiger partial charge on any atom is 0.338 e. The number of halogens is 4. The van der Waals surface area contributed by atoms with E-state index in [-0.39, 0.29) is 34.8 Å². The van der Waals surface area contributed by atoms with Crippen molar-refractivity contribution >= 4 is 35.0 Å². The maximum atomic E-state index is 14.5. The van der Waals surface area contributed by atoms with Gasteiger partial charge in [-0.25, -0.2) is 18.6 Å². The zero-order chi connectivity index (χ0) is 22.7. The minimum absolute atomic E-state index is 0.0106. The predicted molar refractivity (Wildman–Crippen MR) is 113 cm³/mol. The number of benzene rings is 1. The molecule has 3 rings (SSSR count). The molecule has 1 aromatic heterocycles. The number of hydrogen-bond acceptors (Lipinski definition) is 6. The van der Waals surface area contributed by atoms with Crippen molar-refractivity contribution in [1.29, 1.82) is 0 Å². The molecule has 0 amide bonds. The number of methoxy groups -OCH3 is 1. The summed E-state index contributed by atoms with van der Waals surface area (Å²) in [4.78, 5) is 21.0. The molecule has 2 heterocycles. The van der Waals surface area contributed by atoms with Crippen LogP contribution in [0.3, 0.4) is 0 Å². The summed E-state index contributed by atoms with van der Waals surface area (Å²) in [5.74, 6) is -2.42. The van der Waals surface area contributed by atoms with Gasteiger partial charge in [-0.3, -0.25) is 4.99 Å². The number of amidine groups is 1. The van der Waals surface area contributed by atoms with Crippen molar-refractivity contribution < 1.29 is 23.0 Å². The summed E-state index contributed by atoms with van der Waals surface area (Å²) in [6, 6.07) is 4.44. The van der Waals surface area contributed by atoms with Crippen LogP contribution in [-0.2, 0) is 14.3 Å². The lowest BCUT2D eigenvalue weighted by Gasteiger charge is -2.28. The molecule has 1 atom stereocenters. The van der Waals surface area contributed by atoms with Crippen LogP contribution in [0.4, 0.5) is 8.78 Å². The number of aromatic nitrogens is 1. The molecule has 0 fully saturated rings. The molecule has 0 spiro atoms. The number of esters is 1. The highest BCUT2D eigenvalue weighted by atomic mass is 35.5. The van der Waals surface area contributed by atoms with Gasteiger partial charge in [0.25, 0.3) is 0 Å². The molecule has 1 aromatic carbocycles. The molecule has 1 aliphatic heterocycles. The van der Waals surface area contributed by atoms with E-state index in [1.807, 2.05) is 13.8 Å². The van der Waals surface area contributed by atoms with Gasteiger partial charge < -0.3 is 14.8 Å². The second kappa shape index (κ2) is 9.72. The number of nitrogens with one attached hydrogen (secondary N) is 1. The average Bonchev–Trinajstić information content (AvgIpc) is 2.71. The standard InChI is InChI=1S/C21H19Cl2F2N3O3/c1-10(2)31-9-16-17(21(29)30-3)18(13-5-4-11(22)6-14(13)23)28-20(27-16)19-15(25)7-12(24)8-26-19/h4-8,10,18H,9H2,1-3H3,(H,27,28). The minimum Gasteiger partial charge on any atom is -0.466 e. The Morgan fingerprint density at radius 2 is 2.00 bits per heavy atom. The number of carbonyl (C=O) groups is 1. The van der Waals surface area contributed by atoms with Gasteiger partial charge in [0.2, 0.25) is 0 Å². The van der Waals surface area contributed by atoms with Gasteiger partial charge in [-0.1, -0.05) is 29.3 Å². The predicted octanol–water partition coefficient (Wildman–Crippen LogP) is 4.61. The molecule has 0 radical (unpaired) electrons. The first-order valence-corrected chi connectivity index (χ1v) is 10.0. The van der Waals surface area contributed by atoms with Gasteiger partial charge >= 0.3 is 5.97 Å². The van der Waals surface area contributed by atoms with Crippen molar-refractivity contribution in [2.24, 2.45) is 4.99 Å². The Balaban J connectivity index is 2.20. The van der Waals surface area contributed by atoms with Crippen LogP contribution in [0.25, 0.3) is 0 Å². The van der Waals surface area contributed by atoms with Crippen molar-refractivity contribution in [3.8, 4) is 0 Å². The van der Waals surface area contributed by atoms with Gasteiger partial charge in [-0.15, -0.1) is 0 Å². The molecule has 0 bridgehead atoms. The Morgan fingerprint density at radius 1 is 1.26 bits per heavy atom. The van der Waals surface area contributed by atoms with Crippen molar-refractivity contribution in [2.45, 2.75) is 26.0 Å². The quantitative estimate of drug-likeness (QED) is 0.625. The zero-order valence-electron chi connectivity index (χ0n) is 16.9. The van der Waals surface area contributed by atoms with E-state index in [1.54, 1.807) is 12.1 Å². The first-order valence-electron chi connectivity index (χ1n) is 9.25. The van der Waals surface area contributed by atoms with Crippen LogP contribution in [-0.4, -0.2) is 36.6 Å². The second-order valence-corrected chi connectivity index (χ2v) is 7.74. The number of ether oxygens (including phenoxy) is 2. The highest BCUT2D eigenvalue weighted by Gasteiger charge is 2.34. The maximum absolute atomic E-state index is 14.5. The molecule has 0 saturated heterocycles. The fourth-order valence-corrected chi connectivity index (χ4v) is 3.48. The Kier molecular flexibility index (Phi) is 7.25. The van der Waals surface area contributed by atoms with Crippen LogP contribution in [0, 0.1) is 11.6 Å². The molecule has 31 heavy (non-hydrogen) atoms. The third kappa shape index (κ3) is 5.20. The van der Waals surface area contributed by atoms with Gasteiger partial charge in [0.15, 0.2) is 11.7 Å². The molecule has 164 valence electrons. The summed E-state index contributed by atoms with van der Waals surface area (Å²) >= 11 is 12.4. The summed E-state index contributed by atoms with van der Waals surface area (Å²) in [6.07, 6.45) is 0.713. The van der Waals surface area contributed by atoms with Crippen molar-refractivity contribution in [3.63, 3.8) is 0 Å². The molecule has 0 aliphatic carbocycles. The molecule has 2 aromatic rings. The highest BCUT2D eigenvalue weighted by molar-refractivity contribution is 6.35. The normalized spacial score (nSPS) is 16.3. The van der Waals surface area contributed by atoms with Gasteiger partial charge in [-0.05, 0) is 26.0 Å². The summed E-state index contributed by atoms with van der Waals surface area (Å²) in [6.45, 7) is 3.63. The Labute approximate surface area is 187 Å². The molecular formula is C21H19Cl2F2N3O3. The summed E-state index contributed by atoms with van der Waals surface area (Å²) in [5.41, 5.74) is 0.656. The van der Waals surface area contributed by atoms with E-state index < -0.39 is 23.6 Å². The number of rotatable bonds is 6. The topological polar surface area (TPSA) is 72.8 Å². The fraction of sp³-hybridized carbons (Fsp3) is 0.286. The van der Waals surface area contributed by atoms with E-state index in [9.17, 15) is 13.6 Å². The molecule has 1 N–H and O–H groups in total. The number of hydrogen-bond donors (Lipinski definition) is 1. The van der Waals surface area contributed by atoms with Gasteiger partial charge in [-0.2, -0.15) is 0 Å². The van der Waals surface area contributed by atoms with Gasteiger partial charge in [0, 0.05) is 21.7 Å². The van der Waals surface area contributed by atoms with E-state index in [0.29, 0.717) is 22.3 Å². The smallest absolute Gasteiger partial charge is 0.338 e. The fourth-order valence-electron chi connectivity index (χ4n) is 2.97. The first-order chi connectivity index (χ1) is 14.7. The van der Waals surface area contributed by atoms with Crippen molar-refractivity contribution in [3.05, 3.63) is 74.7 Å². The average molecular weight is 470 g/mol. The number of aliphatic imine (C=N–C) groups is 1. The molecule has 6 nitrogen and oxygen atoms in total. The summed E-state index contributed by atoms with van der Waals surface area (Å²) < 4.78 is 38.4. The van der Waals surface area contributed by atoms with Crippen LogP contribution in [0.15, 0.2) is 46.7 Å². The van der Waals surface area contributed by atoms with E-state index in [2.05, 4.69) is 15.3 Å². The SMILES string of the molecule is COC(=O)C1=C(COC(C)C)NC(c2ncc(F)cc2F)=NC1c1ccc(Cl)cc1Cl. The van der Waals surface area contributed by atoms with Crippen molar-refractivity contribution in [1.82, 2.24) is 10.3 Å². The third-order valence-electron chi connectivity index (χ3n) is 4.38. The number of nitrogens with zero attached hydrogens (tertiary/aromatic N) is 2. The zero-order valence-corrected chi connectivity index (χ0v) is 18.4. The first kappa shape index (κ1) is 23.1. The van der Waals surface area contributed by atoms with Crippen LogP contribution in [0.5, 0.6) is 0 Å². The monoisotopic (exact) mass is 469 g/mol. The molecule has 10 heteroatoms. The molecule has 0 saturated carbocycles. The van der Waals surface area contributed by atoms with Crippen LogP contribution in [0.2, 0.25) is 10.0 Å². The van der Waals surface area contributed by atoms with Crippen molar-refractivity contribution in [2.75, 3.05) is 13.7 Å².